The summed E-state index contributed by atoms with van der Waals surface area (Å²) in [4.78, 5) is 4.42. The second-order valence-electron chi connectivity index (χ2n) is 7.84. The van der Waals surface area contributed by atoms with Crippen molar-refractivity contribution in [1.82, 2.24) is 24.4 Å². The van der Waals surface area contributed by atoms with E-state index in [0.29, 0.717) is 17.9 Å². The van der Waals surface area contributed by atoms with Crippen LogP contribution in [-0.4, -0.2) is 52.8 Å². The maximum atomic E-state index is 10.3. The number of nitrogens with one attached hydrogen (secondary N) is 1. The molecule has 1 radical (unpaired) electrons. The number of hydrogen-bond acceptors (Lipinski definition) is 6. The van der Waals surface area contributed by atoms with Gasteiger partial charge in [0.15, 0.2) is 5.65 Å². The van der Waals surface area contributed by atoms with Crippen molar-refractivity contribution in [3.05, 3.63) is 61.9 Å². The third-order valence-corrected chi connectivity index (χ3v) is 5.69. The van der Waals surface area contributed by atoms with E-state index in [1.165, 1.54) is 0 Å². The molecule has 1 saturated carbocycles. The molecule has 4 atom stereocenters. The van der Waals surface area contributed by atoms with Crippen molar-refractivity contribution in [2.45, 2.75) is 24.7 Å². The van der Waals surface area contributed by atoms with Gasteiger partial charge in [-0.1, -0.05) is 18.2 Å². The Balaban J connectivity index is 1.48. The highest BCUT2D eigenvalue weighted by atomic mass is 16.3. The number of aliphatic hydroxyl groups excluding tert-OH is 2. The van der Waals surface area contributed by atoms with Crippen LogP contribution in [0.4, 0.5) is 5.82 Å². The number of rotatable bonds is 4. The Morgan fingerprint density at radius 1 is 1.10 bits per heavy atom. The van der Waals surface area contributed by atoms with Crippen molar-refractivity contribution in [2.75, 3.05) is 5.32 Å². The van der Waals surface area contributed by atoms with Crippen LogP contribution in [0.3, 0.4) is 0 Å². The van der Waals surface area contributed by atoms with Crippen molar-refractivity contribution in [3.63, 3.8) is 0 Å². The van der Waals surface area contributed by atoms with Crippen LogP contribution in [0.15, 0.2) is 55.0 Å². The van der Waals surface area contributed by atoms with Crippen LogP contribution in [0.2, 0.25) is 0 Å². The number of anilines is 1. The molecule has 3 aromatic heterocycles. The topological polar surface area (TPSA) is 101 Å². The fraction of sp³-hybridized carbons (Fsp3) is 0.273. The summed E-state index contributed by atoms with van der Waals surface area (Å²) in [7, 11) is 1.90. The monoisotopic (exact) mass is 403 g/mol. The van der Waals surface area contributed by atoms with E-state index < -0.39 is 12.2 Å². The van der Waals surface area contributed by atoms with Gasteiger partial charge in [0.2, 0.25) is 0 Å². The average molecular weight is 403 g/mol. The van der Waals surface area contributed by atoms with Gasteiger partial charge in [-0.05, 0) is 37.0 Å². The summed E-state index contributed by atoms with van der Waals surface area (Å²) in [5, 5.41) is 32.6. The van der Waals surface area contributed by atoms with Crippen molar-refractivity contribution < 1.29 is 10.2 Å². The zero-order valence-electron chi connectivity index (χ0n) is 16.6. The SMILES string of the molecule is [CH2]C1C[C@@H](Nc2ccnc3cc(-c4cccc(-c5cnn(C)c5)c4)nn23)[C@H](O)C1O. The predicted molar refractivity (Wildman–Crippen MR) is 114 cm³/mol. The van der Waals surface area contributed by atoms with Gasteiger partial charge < -0.3 is 15.5 Å². The highest BCUT2D eigenvalue weighted by Gasteiger charge is 2.39. The maximum absolute atomic E-state index is 10.3. The van der Waals surface area contributed by atoms with E-state index in [4.69, 9.17) is 5.10 Å². The Labute approximate surface area is 173 Å². The van der Waals surface area contributed by atoms with E-state index in [-0.39, 0.29) is 12.0 Å². The van der Waals surface area contributed by atoms with Gasteiger partial charge in [-0.3, -0.25) is 4.68 Å². The van der Waals surface area contributed by atoms with Gasteiger partial charge in [0, 0.05) is 36.6 Å². The first-order valence-corrected chi connectivity index (χ1v) is 9.89. The molecule has 0 amide bonds. The number of aromatic nitrogens is 5. The molecule has 1 aliphatic rings. The normalized spacial score (nSPS) is 23.9. The molecule has 0 saturated heterocycles. The Morgan fingerprint density at radius 3 is 2.67 bits per heavy atom. The standard InChI is InChI=1S/C22H23N6O2/c1-13-8-18(22(30)21(13)29)25-19-6-7-23-20-10-17(26-28(19)20)15-5-3-4-14(9-15)16-11-24-27(2)12-16/h3-7,9-13,18,21-22,25,29-30H,1,8H2,2H3/t13?,18-,21?,22+/m1/s1. The van der Waals surface area contributed by atoms with Crippen LogP contribution in [0.25, 0.3) is 28.0 Å². The number of nitrogens with zero attached hydrogens (tertiary/aromatic N) is 5. The quantitative estimate of drug-likeness (QED) is 0.483. The molecule has 5 rings (SSSR count). The Morgan fingerprint density at radius 2 is 1.93 bits per heavy atom. The molecule has 3 heterocycles. The zero-order valence-corrected chi connectivity index (χ0v) is 16.6. The van der Waals surface area contributed by atoms with E-state index >= 15 is 0 Å². The molecular weight excluding hydrogens is 380 g/mol. The smallest absolute Gasteiger partial charge is 0.157 e. The minimum atomic E-state index is -0.873. The summed E-state index contributed by atoms with van der Waals surface area (Å²) in [6.45, 7) is 3.91. The second-order valence-corrected chi connectivity index (χ2v) is 7.84. The summed E-state index contributed by atoms with van der Waals surface area (Å²) in [5.74, 6) is 0.498. The van der Waals surface area contributed by atoms with E-state index in [2.05, 4.69) is 28.4 Å². The molecule has 0 aliphatic heterocycles. The van der Waals surface area contributed by atoms with E-state index in [9.17, 15) is 10.2 Å². The number of aliphatic hydroxyl groups is 2. The van der Waals surface area contributed by atoms with Crippen LogP contribution >= 0.6 is 0 Å². The number of fused-ring (bicyclic) bond motifs is 1. The minimum absolute atomic E-state index is 0.210. The lowest BCUT2D eigenvalue weighted by molar-refractivity contribution is 0.0256. The lowest BCUT2D eigenvalue weighted by Crippen LogP contribution is -2.35. The van der Waals surface area contributed by atoms with Gasteiger partial charge in [0.05, 0.1) is 24.0 Å². The Hall–Kier alpha value is -3.23. The van der Waals surface area contributed by atoms with Crippen molar-refractivity contribution in [2.24, 2.45) is 13.0 Å². The molecule has 1 fully saturated rings. The first-order valence-electron chi connectivity index (χ1n) is 9.89. The molecule has 8 nitrogen and oxygen atoms in total. The van der Waals surface area contributed by atoms with Crippen LogP contribution in [0.5, 0.6) is 0 Å². The third kappa shape index (κ3) is 3.24. The highest BCUT2D eigenvalue weighted by molar-refractivity contribution is 5.72. The molecule has 2 unspecified atom stereocenters. The summed E-state index contributed by atoms with van der Waals surface area (Å²) < 4.78 is 3.50. The fourth-order valence-electron chi connectivity index (χ4n) is 4.03. The molecule has 1 aliphatic carbocycles. The van der Waals surface area contributed by atoms with E-state index in [0.717, 1.165) is 22.4 Å². The predicted octanol–water partition coefficient (Wildman–Crippen LogP) is 2.15. The maximum Gasteiger partial charge on any atom is 0.157 e. The summed E-state index contributed by atoms with van der Waals surface area (Å²) in [5.41, 5.74) is 4.57. The first-order chi connectivity index (χ1) is 14.5. The number of benzene rings is 1. The third-order valence-electron chi connectivity index (χ3n) is 5.69. The van der Waals surface area contributed by atoms with Gasteiger partial charge in [-0.2, -0.15) is 14.7 Å². The van der Waals surface area contributed by atoms with Gasteiger partial charge in [-0.25, -0.2) is 4.98 Å². The molecule has 153 valence electrons. The Bertz CT molecular complexity index is 1200. The average Bonchev–Trinajstić information content (AvgIpc) is 3.44. The van der Waals surface area contributed by atoms with Crippen LogP contribution in [0, 0.1) is 12.8 Å². The minimum Gasteiger partial charge on any atom is -0.390 e. The van der Waals surface area contributed by atoms with Crippen LogP contribution in [-0.2, 0) is 7.05 Å². The van der Waals surface area contributed by atoms with Gasteiger partial charge >= 0.3 is 0 Å². The molecule has 30 heavy (non-hydrogen) atoms. The highest BCUT2D eigenvalue weighted by Crippen LogP contribution is 2.30. The second kappa shape index (κ2) is 7.23. The first kappa shape index (κ1) is 18.8. The van der Waals surface area contributed by atoms with E-state index in [1.807, 2.05) is 49.8 Å². The van der Waals surface area contributed by atoms with Crippen LogP contribution < -0.4 is 5.32 Å². The molecule has 3 N–H and O–H groups in total. The molecule has 0 bridgehead atoms. The van der Waals surface area contributed by atoms with Gasteiger partial charge in [-0.15, -0.1) is 0 Å². The van der Waals surface area contributed by atoms with Crippen LogP contribution in [0.1, 0.15) is 6.42 Å². The van der Waals surface area contributed by atoms with Crippen molar-refractivity contribution in [3.8, 4) is 22.4 Å². The molecule has 1 aromatic carbocycles. The summed E-state index contributed by atoms with van der Waals surface area (Å²) >= 11 is 0. The van der Waals surface area contributed by atoms with Crippen molar-refractivity contribution >= 4 is 11.5 Å². The van der Waals surface area contributed by atoms with Gasteiger partial charge in [0.1, 0.15) is 11.9 Å². The van der Waals surface area contributed by atoms with E-state index in [1.54, 1.807) is 15.4 Å². The summed E-state index contributed by atoms with van der Waals surface area (Å²) in [6.07, 6.45) is 4.39. The zero-order chi connectivity index (χ0) is 20.8. The Kier molecular flexibility index (Phi) is 4.52. The number of hydrogen-bond donors (Lipinski definition) is 3. The molecule has 8 heteroatoms. The summed E-state index contributed by atoms with van der Waals surface area (Å²) in [6, 6.07) is 11.6. The largest absolute Gasteiger partial charge is 0.390 e. The fourth-order valence-corrected chi connectivity index (χ4v) is 4.03. The number of aryl methyl sites for hydroxylation is 1. The lowest BCUT2D eigenvalue weighted by atomic mass is 10.0. The molecular formula is C22H23N6O2. The van der Waals surface area contributed by atoms with Crippen molar-refractivity contribution in [1.29, 1.82) is 0 Å². The van der Waals surface area contributed by atoms with Gasteiger partial charge in [0.25, 0.3) is 0 Å². The lowest BCUT2D eigenvalue weighted by Gasteiger charge is -2.19. The molecule has 0 spiro atoms. The molecule has 4 aromatic rings.